The van der Waals surface area contributed by atoms with Gasteiger partial charge in [-0.3, -0.25) is 10.1 Å². The number of nitrogens with one attached hydrogen (secondary N) is 2. The van der Waals surface area contributed by atoms with E-state index in [1.807, 2.05) is 66.7 Å². The number of non-ortho nitro benzene ring substituents is 1. The largest absolute Gasteiger partial charge is 0.437 e. The van der Waals surface area contributed by atoms with E-state index in [1.165, 1.54) is 18.5 Å². The summed E-state index contributed by atoms with van der Waals surface area (Å²) >= 11 is 0. The molecule has 11 heteroatoms. The van der Waals surface area contributed by atoms with Gasteiger partial charge in [-0.05, 0) is 35.1 Å². The first-order chi connectivity index (χ1) is 26.8. The molecule has 0 radical (unpaired) electrons. The smallest absolute Gasteiger partial charge is 0.269 e. The molecule has 4 aromatic heterocycles. The highest BCUT2D eigenvalue weighted by Gasteiger charge is 2.24. The van der Waals surface area contributed by atoms with Gasteiger partial charge in [-0.2, -0.15) is 0 Å². The molecule has 0 fully saturated rings. The third-order valence-electron chi connectivity index (χ3n) is 8.83. The quantitative estimate of drug-likeness (QED) is 0.0973. The minimum Gasteiger partial charge on any atom is -0.437 e. The second kappa shape index (κ2) is 16.4. The highest BCUT2D eigenvalue weighted by molar-refractivity contribution is 6.07. The van der Waals surface area contributed by atoms with Crippen molar-refractivity contribution >= 4 is 39.5 Å². The van der Waals surface area contributed by atoms with Crippen LogP contribution in [0.4, 0.5) is 17.3 Å². The molecule has 55 heavy (non-hydrogen) atoms. The first-order valence-electron chi connectivity index (χ1n) is 18.2. The molecule has 0 aliphatic rings. The molecule has 0 saturated heterocycles. The van der Waals surface area contributed by atoms with Crippen molar-refractivity contribution in [3.05, 3.63) is 138 Å². The van der Waals surface area contributed by atoms with E-state index in [4.69, 9.17) is 8.83 Å². The second-order valence-electron chi connectivity index (χ2n) is 13.9. The molecule has 4 heterocycles. The van der Waals surface area contributed by atoms with Crippen LogP contribution in [-0.2, 0) is 0 Å². The molecule has 8 aromatic rings. The monoisotopic (exact) mass is 731 g/mol. The topological polar surface area (TPSA) is 145 Å². The van der Waals surface area contributed by atoms with E-state index in [-0.39, 0.29) is 5.69 Å². The van der Waals surface area contributed by atoms with Crippen molar-refractivity contribution in [2.75, 3.05) is 23.7 Å². The van der Waals surface area contributed by atoms with Crippen molar-refractivity contribution in [2.24, 2.45) is 11.8 Å². The van der Waals surface area contributed by atoms with Crippen molar-refractivity contribution in [3.63, 3.8) is 0 Å². The first-order valence-corrected chi connectivity index (χ1v) is 18.2. The molecular formula is C44H41N7O4. The van der Waals surface area contributed by atoms with E-state index in [0.717, 1.165) is 68.8 Å². The van der Waals surface area contributed by atoms with Crippen LogP contribution in [-0.4, -0.2) is 37.9 Å². The van der Waals surface area contributed by atoms with Gasteiger partial charge in [-0.25, -0.2) is 19.9 Å². The number of furan rings is 2. The lowest BCUT2D eigenvalue weighted by atomic mass is 9.99. The fourth-order valence-corrected chi connectivity index (χ4v) is 6.23. The van der Waals surface area contributed by atoms with Crippen LogP contribution >= 0.6 is 0 Å². The van der Waals surface area contributed by atoms with Gasteiger partial charge < -0.3 is 19.5 Å². The van der Waals surface area contributed by atoms with E-state index in [1.54, 1.807) is 18.5 Å². The number of benzene rings is 4. The lowest BCUT2D eigenvalue weighted by molar-refractivity contribution is -0.384. The average Bonchev–Trinajstić information content (AvgIpc) is 3.81. The summed E-state index contributed by atoms with van der Waals surface area (Å²) in [6.45, 7) is 10.2. The van der Waals surface area contributed by atoms with Crippen molar-refractivity contribution < 1.29 is 13.8 Å². The number of fused-ring (bicyclic) bond motifs is 2. The highest BCUT2D eigenvalue weighted by Crippen LogP contribution is 2.44. The van der Waals surface area contributed by atoms with Gasteiger partial charge in [0.1, 0.15) is 35.8 Å². The Morgan fingerprint density at radius 3 is 1.31 bits per heavy atom. The lowest BCUT2D eigenvalue weighted by Gasteiger charge is -2.10. The van der Waals surface area contributed by atoms with Gasteiger partial charge in [-0.1, -0.05) is 119 Å². The van der Waals surface area contributed by atoms with Crippen LogP contribution in [0, 0.1) is 22.0 Å². The van der Waals surface area contributed by atoms with Crippen LogP contribution in [0.15, 0.2) is 137 Å². The maximum atomic E-state index is 11.0. The van der Waals surface area contributed by atoms with Crippen molar-refractivity contribution in [2.45, 2.75) is 27.7 Å². The minimum atomic E-state index is -0.417. The molecule has 0 unspecified atom stereocenters. The molecule has 0 amide bonds. The summed E-state index contributed by atoms with van der Waals surface area (Å²) < 4.78 is 12.3. The summed E-state index contributed by atoms with van der Waals surface area (Å²) in [7, 11) is 0. The van der Waals surface area contributed by atoms with E-state index in [2.05, 4.69) is 82.5 Å². The third-order valence-corrected chi connectivity index (χ3v) is 8.83. The van der Waals surface area contributed by atoms with Crippen LogP contribution in [0.2, 0.25) is 0 Å². The Morgan fingerprint density at radius 1 is 0.545 bits per heavy atom. The van der Waals surface area contributed by atoms with Gasteiger partial charge in [-0.15, -0.1) is 0 Å². The van der Waals surface area contributed by atoms with Crippen LogP contribution in [0.5, 0.6) is 0 Å². The zero-order valence-corrected chi connectivity index (χ0v) is 31.1. The van der Waals surface area contributed by atoms with Gasteiger partial charge in [0.15, 0.2) is 0 Å². The number of anilines is 2. The number of aromatic nitrogens is 4. The van der Waals surface area contributed by atoms with Crippen LogP contribution in [0.3, 0.4) is 0 Å². The molecule has 276 valence electrons. The lowest BCUT2D eigenvalue weighted by Crippen LogP contribution is -2.09. The Bertz CT molecular complexity index is 2520. The molecule has 11 nitrogen and oxygen atoms in total. The fourth-order valence-electron chi connectivity index (χ4n) is 6.23. The third kappa shape index (κ3) is 8.06. The predicted molar refractivity (Wildman–Crippen MR) is 219 cm³/mol. The highest BCUT2D eigenvalue weighted by atomic mass is 16.6. The second-order valence-corrected chi connectivity index (χ2v) is 13.9. The van der Waals surface area contributed by atoms with Gasteiger partial charge in [0.05, 0.1) is 15.7 Å². The first kappa shape index (κ1) is 36.5. The molecule has 0 aliphatic heterocycles. The molecule has 8 rings (SSSR count). The predicted octanol–water partition coefficient (Wildman–Crippen LogP) is 11.2. The van der Waals surface area contributed by atoms with Crippen molar-refractivity contribution in [3.8, 4) is 44.9 Å². The average molecular weight is 732 g/mol. The molecule has 0 saturated carbocycles. The summed E-state index contributed by atoms with van der Waals surface area (Å²) in [6, 6.07) is 36.6. The van der Waals surface area contributed by atoms with Crippen LogP contribution in [0.1, 0.15) is 27.7 Å². The number of nitrogens with zero attached hydrogens (tertiary/aromatic N) is 5. The zero-order valence-electron chi connectivity index (χ0n) is 31.1. The number of hydrogen-bond acceptors (Lipinski definition) is 10. The zero-order chi connectivity index (χ0) is 38.3. The van der Waals surface area contributed by atoms with E-state index >= 15 is 0 Å². The normalized spacial score (nSPS) is 11.2. The summed E-state index contributed by atoms with van der Waals surface area (Å²) in [5.74, 6) is 3.91. The number of hydrogen-bond donors (Lipinski definition) is 2. The van der Waals surface area contributed by atoms with Crippen LogP contribution < -0.4 is 10.6 Å². The Labute approximate surface area is 318 Å². The standard InChI is InChI=1S/C22H20N4O3.C22H21N3O/c1-14(2)12-23-21-19-18(15-6-4-3-5-7-15)20(29-22(19)25-13-24-21)16-8-10-17(11-9-16)26(27)28;1-15(2)13-23-21-19-18(16-9-5-3-6-10-16)20(17-11-7-4-8-12-17)26-22(19)25-14-24-21/h3-11,13-14H,12H2,1-2H3,(H,23,24,25);3-12,14-15H,13H2,1-2H3,(H,23,24,25). The molecule has 0 bridgehead atoms. The molecule has 0 spiro atoms. The maximum Gasteiger partial charge on any atom is 0.269 e. The van der Waals surface area contributed by atoms with Gasteiger partial charge in [0.25, 0.3) is 5.69 Å². The van der Waals surface area contributed by atoms with Crippen molar-refractivity contribution in [1.29, 1.82) is 0 Å². The Balaban J connectivity index is 0.000000170. The fraction of sp³-hybridized carbons (Fsp3) is 0.182. The number of nitro benzene ring substituents is 1. The van der Waals surface area contributed by atoms with Gasteiger partial charge in [0, 0.05) is 47.5 Å². The molecule has 2 N–H and O–H groups in total. The van der Waals surface area contributed by atoms with Gasteiger partial charge >= 0.3 is 0 Å². The maximum absolute atomic E-state index is 11.0. The van der Waals surface area contributed by atoms with E-state index in [0.29, 0.717) is 34.8 Å². The molecular weight excluding hydrogens is 691 g/mol. The SMILES string of the molecule is CC(C)CNc1ncnc2oc(-c3ccc([N+](=O)[O-])cc3)c(-c3ccccc3)c12.CC(C)CNc1ncnc2oc(-c3ccccc3)c(-c3ccccc3)c12. The summed E-state index contributed by atoms with van der Waals surface area (Å²) in [6.07, 6.45) is 3.03. The van der Waals surface area contributed by atoms with Crippen LogP contribution in [0.25, 0.3) is 67.1 Å². The Hall–Kier alpha value is -6.88. The summed E-state index contributed by atoms with van der Waals surface area (Å²) in [5, 5.41) is 19.6. The Morgan fingerprint density at radius 2 is 0.927 bits per heavy atom. The number of rotatable bonds is 11. The van der Waals surface area contributed by atoms with E-state index < -0.39 is 4.92 Å². The Kier molecular flexibility index (Phi) is 10.9. The molecule has 4 aromatic carbocycles. The van der Waals surface area contributed by atoms with Gasteiger partial charge in [0.2, 0.25) is 11.4 Å². The van der Waals surface area contributed by atoms with Crippen molar-refractivity contribution in [1.82, 2.24) is 19.9 Å². The molecule has 0 atom stereocenters. The summed E-state index contributed by atoms with van der Waals surface area (Å²) in [4.78, 5) is 28.2. The summed E-state index contributed by atoms with van der Waals surface area (Å²) in [5.41, 5.74) is 6.81. The van der Waals surface area contributed by atoms with E-state index in [9.17, 15) is 10.1 Å². The number of nitro groups is 1. The molecule has 0 aliphatic carbocycles. The minimum absolute atomic E-state index is 0.0326.